The van der Waals surface area contributed by atoms with Crippen LogP contribution in [0.4, 0.5) is 13.2 Å². The molecule has 0 aromatic heterocycles. The van der Waals surface area contributed by atoms with Gasteiger partial charge in [0, 0.05) is 24.4 Å². The Morgan fingerprint density at radius 1 is 1.22 bits per heavy atom. The predicted octanol–water partition coefficient (Wildman–Crippen LogP) is 1.41. The average Bonchev–Trinajstić information content (AvgIpc) is 2.98. The maximum Gasteiger partial charge on any atom is 0.490 e. The third-order valence-electron chi connectivity index (χ3n) is 4.71. The van der Waals surface area contributed by atoms with Crippen molar-refractivity contribution in [3.8, 4) is 0 Å². The molecular weight excluding hydrogens is 455 g/mol. The Hall–Kier alpha value is -2.54. The summed E-state index contributed by atoms with van der Waals surface area (Å²) in [6.07, 6.45) is -2.83. The minimum absolute atomic E-state index is 0.00467. The number of allylic oxidation sites excluding steroid dienone is 1. The fourth-order valence-electron chi connectivity index (χ4n) is 3.39. The van der Waals surface area contributed by atoms with E-state index in [0.717, 1.165) is 0 Å². The Bertz CT molecular complexity index is 894. The molecule has 0 saturated carbocycles. The predicted molar refractivity (Wildman–Crippen MR) is 108 cm³/mol. The van der Waals surface area contributed by atoms with Gasteiger partial charge in [-0.2, -0.15) is 13.2 Å². The van der Waals surface area contributed by atoms with Gasteiger partial charge in [0.25, 0.3) is 0 Å². The Balaban J connectivity index is 0.000000451. The van der Waals surface area contributed by atoms with Crippen molar-refractivity contribution in [2.45, 2.75) is 44.8 Å². The molecule has 0 aliphatic carbocycles. The topological polar surface area (TPSA) is 141 Å². The highest BCUT2D eigenvalue weighted by atomic mass is 32.2. The molecule has 3 heterocycles. The summed E-state index contributed by atoms with van der Waals surface area (Å²) in [7, 11) is 0. The van der Waals surface area contributed by atoms with Crippen LogP contribution in [0, 0.1) is 5.41 Å². The number of hydrogen-bond acceptors (Lipinski definition) is 6. The van der Waals surface area contributed by atoms with Crippen LogP contribution in [0.25, 0.3) is 0 Å². The Labute approximate surface area is 186 Å². The molecule has 0 aromatic carbocycles. The molecule has 4 N–H and O–H groups in total. The van der Waals surface area contributed by atoms with Crippen molar-refractivity contribution in [2.24, 2.45) is 11.1 Å². The van der Waals surface area contributed by atoms with Crippen molar-refractivity contribution in [1.29, 1.82) is 0 Å². The lowest BCUT2D eigenvalue weighted by atomic mass is 9.96. The number of β-lactam (4-membered cyclic amide) rings is 1. The van der Waals surface area contributed by atoms with Gasteiger partial charge in [-0.25, -0.2) is 9.59 Å². The minimum Gasteiger partial charge on any atom is -0.477 e. The van der Waals surface area contributed by atoms with Crippen LogP contribution < -0.4 is 5.73 Å². The van der Waals surface area contributed by atoms with E-state index in [0.29, 0.717) is 36.4 Å². The molecule has 178 valence electrons. The number of rotatable bonds is 3. The molecule has 3 aliphatic rings. The summed E-state index contributed by atoms with van der Waals surface area (Å²) in [4.78, 5) is 48.2. The van der Waals surface area contributed by atoms with E-state index in [9.17, 15) is 32.7 Å². The first kappa shape index (κ1) is 25.7. The van der Waals surface area contributed by atoms with Crippen LogP contribution in [0.1, 0.15) is 27.2 Å². The van der Waals surface area contributed by atoms with Gasteiger partial charge in [0.15, 0.2) is 0 Å². The Kier molecular flexibility index (Phi) is 7.34. The number of fused-ring (bicyclic) bond motifs is 1. The molecule has 0 bridgehead atoms. The molecule has 0 spiro atoms. The number of carbonyl (C=O) groups excluding carboxylic acids is 2. The smallest absolute Gasteiger partial charge is 0.477 e. The second-order valence-corrected chi connectivity index (χ2v) is 9.73. The van der Waals surface area contributed by atoms with Gasteiger partial charge in [0.2, 0.25) is 11.8 Å². The Morgan fingerprint density at radius 3 is 2.25 bits per heavy atom. The number of aliphatic carboxylic acids is 2. The molecule has 2 fully saturated rings. The molecule has 3 aliphatic heterocycles. The van der Waals surface area contributed by atoms with Crippen LogP contribution >= 0.6 is 11.8 Å². The van der Waals surface area contributed by atoms with Gasteiger partial charge in [-0.15, -0.1) is 11.8 Å². The summed E-state index contributed by atoms with van der Waals surface area (Å²) >= 11 is 1.44. The zero-order valence-corrected chi connectivity index (χ0v) is 18.4. The van der Waals surface area contributed by atoms with Gasteiger partial charge in [-0.1, -0.05) is 20.8 Å². The van der Waals surface area contributed by atoms with Crippen molar-refractivity contribution in [3.05, 3.63) is 22.9 Å². The van der Waals surface area contributed by atoms with Crippen LogP contribution in [0.3, 0.4) is 0 Å². The van der Waals surface area contributed by atoms with Crippen LogP contribution in [-0.2, 0) is 19.2 Å². The maximum atomic E-state index is 12.6. The first-order valence-electron chi connectivity index (χ1n) is 9.51. The number of halogens is 3. The van der Waals surface area contributed by atoms with Crippen molar-refractivity contribution in [2.75, 3.05) is 18.8 Å². The number of thioether (sulfide) groups is 1. The molecule has 2 saturated heterocycles. The molecule has 13 heteroatoms. The number of alkyl halides is 3. The van der Waals surface area contributed by atoms with Crippen molar-refractivity contribution < 1.29 is 42.6 Å². The summed E-state index contributed by atoms with van der Waals surface area (Å²) < 4.78 is 31.7. The van der Waals surface area contributed by atoms with Gasteiger partial charge < -0.3 is 20.8 Å². The van der Waals surface area contributed by atoms with E-state index in [1.807, 2.05) is 0 Å². The SMILES string of the molecule is CC(C)(C)CN1CC/C(=C\C2=C(C(=O)O)N3C(=O)[C@@H](N)[C@H]3SC2)C1=O.O=C(O)C(F)(F)F. The molecular formula is C19H24F3N3O6S. The lowest BCUT2D eigenvalue weighted by Crippen LogP contribution is -2.68. The third kappa shape index (κ3) is 5.63. The number of carbonyl (C=O) groups is 4. The molecule has 32 heavy (non-hydrogen) atoms. The fraction of sp³-hybridized carbons (Fsp3) is 0.579. The monoisotopic (exact) mass is 479 g/mol. The van der Waals surface area contributed by atoms with Crippen LogP contribution in [0.5, 0.6) is 0 Å². The molecule has 3 rings (SSSR count). The number of likely N-dealkylation sites (tertiary alicyclic amines) is 1. The summed E-state index contributed by atoms with van der Waals surface area (Å²) in [5, 5.41) is 16.4. The molecule has 9 nitrogen and oxygen atoms in total. The van der Waals surface area contributed by atoms with Crippen LogP contribution in [0.2, 0.25) is 0 Å². The van der Waals surface area contributed by atoms with Crippen LogP contribution in [-0.4, -0.2) is 80.2 Å². The van der Waals surface area contributed by atoms with E-state index < -0.39 is 24.2 Å². The maximum absolute atomic E-state index is 12.6. The number of nitrogens with zero attached hydrogens (tertiary/aromatic N) is 2. The summed E-state index contributed by atoms with van der Waals surface area (Å²) in [6.45, 7) is 7.52. The molecule has 0 radical (unpaired) electrons. The van der Waals surface area contributed by atoms with Gasteiger partial charge >= 0.3 is 18.1 Å². The largest absolute Gasteiger partial charge is 0.490 e. The van der Waals surface area contributed by atoms with Gasteiger partial charge in [-0.3, -0.25) is 14.5 Å². The normalized spacial score (nSPS) is 24.8. The number of carboxylic acid groups (broad SMARTS) is 2. The van der Waals surface area contributed by atoms with Gasteiger partial charge in [0.05, 0.1) is 0 Å². The van der Waals surface area contributed by atoms with E-state index in [1.165, 1.54) is 16.7 Å². The first-order chi connectivity index (χ1) is 14.5. The van der Waals surface area contributed by atoms with Crippen molar-refractivity contribution in [3.63, 3.8) is 0 Å². The molecule has 0 unspecified atom stereocenters. The Morgan fingerprint density at radius 2 is 1.78 bits per heavy atom. The van der Waals surface area contributed by atoms with E-state index in [2.05, 4.69) is 20.8 Å². The summed E-state index contributed by atoms with van der Waals surface area (Å²) in [6, 6.07) is -0.649. The van der Waals surface area contributed by atoms with E-state index in [1.54, 1.807) is 11.0 Å². The highest BCUT2D eigenvalue weighted by Crippen LogP contribution is 2.40. The van der Waals surface area contributed by atoms with Crippen molar-refractivity contribution >= 4 is 35.5 Å². The fourth-order valence-corrected chi connectivity index (χ4v) is 4.64. The summed E-state index contributed by atoms with van der Waals surface area (Å²) in [5.41, 5.74) is 6.83. The molecule has 2 amide bonds. The lowest BCUT2D eigenvalue weighted by molar-refractivity contribution is -0.192. The second kappa shape index (κ2) is 9.14. The zero-order chi connectivity index (χ0) is 24.6. The number of carboxylic acids is 2. The summed E-state index contributed by atoms with van der Waals surface area (Å²) in [5.74, 6) is -3.91. The van der Waals surface area contributed by atoms with Crippen LogP contribution in [0.15, 0.2) is 22.9 Å². The van der Waals surface area contributed by atoms with Gasteiger partial charge in [0.1, 0.15) is 17.1 Å². The average molecular weight is 479 g/mol. The standard InChI is InChI=1S/C17H23N3O4S.C2HF3O2/c1-17(2,3)8-19-5-4-9(13(19)21)6-10-7-25-15-11(18)14(22)20(15)12(10)16(23)24;3-2(4,5)1(6)7/h6,11,15H,4-5,7-8,18H2,1-3H3,(H,23,24);(H,6,7)/b9-6+;/t11-,15-;/m1./s1. The molecule has 2 atom stereocenters. The zero-order valence-electron chi connectivity index (χ0n) is 17.6. The number of amides is 2. The van der Waals surface area contributed by atoms with Gasteiger partial charge in [-0.05, 0) is 23.5 Å². The van der Waals surface area contributed by atoms with E-state index in [-0.39, 0.29) is 28.3 Å². The van der Waals surface area contributed by atoms with E-state index >= 15 is 0 Å². The van der Waals surface area contributed by atoms with E-state index in [4.69, 9.17) is 15.6 Å². The third-order valence-corrected chi connectivity index (χ3v) is 6.03. The minimum atomic E-state index is -5.08. The highest BCUT2D eigenvalue weighted by molar-refractivity contribution is 8.00. The number of nitrogens with two attached hydrogens (primary N) is 1. The highest BCUT2D eigenvalue weighted by Gasteiger charge is 2.51. The lowest BCUT2D eigenvalue weighted by Gasteiger charge is -2.47. The quantitative estimate of drug-likeness (QED) is 0.408. The molecule has 0 aromatic rings. The van der Waals surface area contributed by atoms with Crippen molar-refractivity contribution in [1.82, 2.24) is 9.80 Å². The second-order valence-electron chi connectivity index (χ2n) is 8.62. The first-order valence-corrected chi connectivity index (χ1v) is 10.6. The number of hydrogen-bond donors (Lipinski definition) is 3.